The van der Waals surface area contributed by atoms with Crippen molar-refractivity contribution in [3.8, 4) is 23.0 Å². The summed E-state index contributed by atoms with van der Waals surface area (Å²) in [6.45, 7) is 4.81. The number of carbonyl (C=O) groups is 2. The molecular weight excluding hydrogens is 524 g/mol. The highest BCUT2D eigenvalue weighted by molar-refractivity contribution is 6.03. The van der Waals surface area contributed by atoms with Crippen LogP contribution in [0.25, 0.3) is 6.08 Å². The number of piperazine rings is 1. The van der Waals surface area contributed by atoms with Crippen LogP contribution in [-0.2, 0) is 4.79 Å². The topological polar surface area (TPSA) is 93.1 Å². The number of aliphatic imine (C=N–C) groups is 1. The number of carbonyl (C=O) groups excluding carboxylic acids is 2. The maximum atomic E-state index is 13.0. The van der Waals surface area contributed by atoms with Crippen molar-refractivity contribution in [2.24, 2.45) is 4.99 Å². The summed E-state index contributed by atoms with van der Waals surface area (Å²) in [5, 5.41) is 0. The maximum Gasteiger partial charge on any atom is 0.256 e. The lowest BCUT2D eigenvalue weighted by Gasteiger charge is -2.31. The third-order valence-electron chi connectivity index (χ3n) is 7.68. The third-order valence-corrected chi connectivity index (χ3v) is 7.68. The molecule has 1 atom stereocenters. The Labute approximate surface area is 241 Å². The van der Waals surface area contributed by atoms with E-state index >= 15 is 0 Å². The molecule has 2 aromatic carbocycles. The summed E-state index contributed by atoms with van der Waals surface area (Å²) in [6.07, 6.45) is 7.81. The van der Waals surface area contributed by atoms with E-state index in [1.807, 2.05) is 34.2 Å². The monoisotopic (exact) mass is 562 g/mol. The van der Waals surface area contributed by atoms with E-state index in [9.17, 15) is 9.59 Å². The summed E-state index contributed by atoms with van der Waals surface area (Å²) in [4.78, 5) is 36.1. The molecule has 0 spiro atoms. The summed E-state index contributed by atoms with van der Waals surface area (Å²) < 4.78 is 23.0. The zero-order chi connectivity index (χ0) is 28.8. The van der Waals surface area contributed by atoms with Crippen molar-refractivity contribution in [3.63, 3.8) is 0 Å². The lowest BCUT2D eigenvalue weighted by Crippen LogP contribution is -2.46. The van der Waals surface area contributed by atoms with Gasteiger partial charge in [-0.3, -0.25) is 14.6 Å². The predicted molar refractivity (Wildman–Crippen MR) is 157 cm³/mol. The number of rotatable bonds is 10. The number of hydrogen-bond donors (Lipinski definition) is 0. The normalized spacial score (nSPS) is 18.7. The van der Waals surface area contributed by atoms with E-state index in [0.29, 0.717) is 53.9 Å². The van der Waals surface area contributed by atoms with Crippen LogP contribution in [-0.4, -0.2) is 106 Å². The third kappa shape index (κ3) is 6.65. The van der Waals surface area contributed by atoms with E-state index in [2.05, 4.69) is 16.9 Å². The van der Waals surface area contributed by atoms with Gasteiger partial charge in [0.1, 0.15) is 0 Å². The van der Waals surface area contributed by atoms with Gasteiger partial charge in [-0.15, -0.1) is 0 Å². The summed E-state index contributed by atoms with van der Waals surface area (Å²) >= 11 is 0. The van der Waals surface area contributed by atoms with Crippen LogP contribution in [0.3, 0.4) is 0 Å². The molecule has 41 heavy (non-hydrogen) atoms. The molecule has 10 heteroatoms. The molecule has 0 saturated carbocycles. The molecule has 5 rings (SSSR count). The van der Waals surface area contributed by atoms with Gasteiger partial charge in [-0.2, -0.15) is 0 Å². The average molecular weight is 563 g/mol. The van der Waals surface area contributed by atoms with Gasteiger partial charge in [0.15, 0.2) is 23.0 Å². The predicted octanol–water partition coefficient (Wildman–Crippen LogP) is 3.66. The van der Waals surface area contributed by atoms with Crippen LogP contribution in [0.4, 0.5) is 5.69 Å². The van der Waals surface area contributed by atoms with Crippen molar-refractivity contribution in [1.29, 1.82) is 0 Å². The standard InChI is InChI=1S/C31H38N4O6/c1-33-12-14-34(15-13-33)30(36)10-8-22-7-9-26(27(18-22)38-2)40-16-5-17-41-29-20-25-24(19-28(29)39-3)31(37)35-11-4-6-23(35)21-32-25/h7-10,18-21,23H,4-6,11-17H2,1-3H3/b10-8+/t23-/m0/s1. The Hall–Kier alpha value is -4.05. The molecule has 0 N–H and O–H groups in total. The fourth-order valence-corrected chi connectivity index (χ4v) is 5.25. The Kier molecular flexibility index (Phi) is 9.08. The number of likely N-dealkylation sites (N-methyl/N-ethyl adjacent to an activating group) is 1. The van der Waals surface area contributed by atoms with Crippen molar-refractivity contribution in [2.75, 3.05) is 67.2 Å². The quantitative estimate of drug-likeness (QED) is 0.322. The van der Waals surface area contributed by atoms with E-state index in [0.717, 1.165) is 51.1 Å². The Bertz CT molecular complexity index is 1320. The van der Waals surface area contributed by atoms with E-state index in [1.54, 1.807) is 38.5 Å². The van der Waals surface area contributed by atoms with Crippen molar-refractivity contribution in [1.82, 2.24) is 14.7 Å². The molecule has 3 aliphatic rings. The van der Waals surface area contributed by atoms with Crippen LogP contribution in [0.2, 0.25) is 0 Å². The first kappa shape index (κ1) is 28.5. The van der Waals surface area contributed by atoms with Gasteiger partial charge in [-0.05, 0) is 49.7 Å². The number of ether oxygens (including phenoxy) is 4. The van der Waals surface area contributed by atoms with Gasteiger partial charge in [0.2, 0.25) is 5.91 Å². The van der Waals surface area contributed by atoms with Crippen LogP contribution >= 0.6 is 0 Å². The molecular formula is C31H38N4O6. The van der Waals surface area contributed by atoms with Gasteiger partial charge in [-0.25, -0.2) is 0 Å². The zero-order valence-electron chi connectivity index (χ0n) is 24.0. The van der Waals surface area contributed by atoms with Gasteiger partial charge >= 0.3 is 0 Å². The zero-order valence-corrected chi connectivity index (χ0v) is 24.0. The number of nitrogens with zero attached hydrogens (tertiary/aromatic N) is 4. The molecule has 2 saturated heterocycles. The summed E-state index contributed by atoms with van der Waals surface area (Å²) in [6, 6.07) is 9.14. The number of benzene rings is 2. The molecule has 2 amide bonds. The van der Waals surface area contributed by atoms with Crippen molar-refractivity contribution < 1.29 is 28.5 Å². The fraction of sp³-hybridized carbons (Fsp3) is 0.452. The van der Waals surface area contributed by atoms with Crippen molar-refractivity contribution >= 4 is 29.8 Å². The molecule has 10 nitrogen and oxygen atoms in total. The van der Waals surface area contributed by atoms with Crippen LogP contribution < -0.4 is 18.9 Å². The van der Waals surface area contributed by atoms with Crippen LogP contribution in [0.1, 0.15) is 35.2 Å². The van der Waals surface area contributed by atoms with Gasteiger partial charge < -0.3 is 33.6 Å². The Morgan fingerprint density at radius 2 is 1.68 bits per heavy atom. The average Bonchev–Trinajstić information content (AvgIpc) is 3.43. The fourth-order valence-electron chi connectivity index (χ4n) is 5.25. The molecule has 0 aliphatic carbocycles. The van der Waals surface area contributed by atoms with Gasteiger partial charge in [0.25, 0.3) is 5.91 Å². The van der Waals surface area contributed by atoms with Gasteiger partial charge in [0, 0.05) is 57.5 Å². The minimum absolute atomic E-state index is 0.0160. The Morgan fingerprint density at radius 3 is 2.44 bits per heavy atom. The largest absolute Gasteiger partial charge is 0.493 e. The van der Waals surface area contributed by atoms with Crippen molar-refractivity contribution in [3.05, 3.63) is 47.5 Å². The van der Waals surface area contributed by atoms with Crippen LogP contribution in [0.15, 0.2) is 41.4 Å². The minimum Gasteiger partial charge on any atom is -0.493 e. The molecule has 2 aromatic rings. The highest BCUT2D eigenvalue weighted by Crippen LogP contribution is 2.38. The number of hydrogen-bond acceptors (Lipinski definition) is 8. The highest BCUT2D eigenvalue weighted by Gasteiger charge is 2.32. The second-order valence-corrected chi connectivity index (χ2v) is 10.4. The lowest BCUT2D eigenvalue weighted by atomic mass is 10.1. The number of methoxy groups -OCH3 is 2. The smallest absolute Gasteiger partial charge is 0.256 e. The first-order valence-electron chi connectivity index (χ1n) is 14.1. The van der Waals surface area contributed by atoms with E-state index in [-0.39, 0.29) is 17.9 Å². The molecule has 0 radical (unpaired) electrons. The first-order valence-corrected chi connectivity index (χ1v) is 14.1. The number of fused-ring (bicyclic) bond motifs is 2. The summed E-state index contributed by atoms with van der Waals surface area (Å²) in [5.74, 6) is 2.25. The molecule has 218 valence electrons. The second-order valence-electron chi connectivity index (χ2n) is 10.4. The summed E-state index contributed by atoms with van der Waals surface area (Å²) in [7, 11) is 5.22. The van der Waals surface area contributed by atoms with E-state index in [4.69, 9.17) is 18.9 Å². The first-order chi connectivity index (χ1) is 20.0. The minimum atomic E-state index is -0.0182. The Morgan fingerprint density at radius 1 is 0.951 bits per heavy atom. The molecule has 3 aliphatic heterocycles. The molecule has 0 aromatic heterocycles. The van der Waals surface area contributed by atoms with Gasteiger partial charge in [0.05, 0.1) is 44.7 Å². The van der Waals surface area contributed by atoms with Crippen molar-refractivity contribution in [2.45, 2.75) is 25.3 Å². The number of amides is 2. The lowest BCUT2D eigenvalue weighted by molar-refractivity contribution is -0.127. The molecule has 2 fully saturated rings. The maximum absolute atomic E-state index is 13.0. The highest BCUT2D eigenvalue weighted by atomic mass is 16.5. The second kappa shape index (κ2) is 13.1. The van der Waals surface area contributed by atoms with Crippen LogP contribution in [0.5, 0.6) is 23.0 Å². The summed E-state index contributed by atoms with van der Waals surface area (Å²) in [5.41, 5.74) is 1.99. The van der Waals surface area contributed by atoms with E-state index in [1.165, 1.54) is 0 Å². The van der Waals surface area contributed by atoms with E-state index < -0.39 is 0 Å². The Balaban J connectivity index is 1.14. The molecule has 0 bridgehead atoms. The molecule has 0 unspecified atom stereocenters. The molecule has 3 heterocycles. The SMILES string of the molecule is COc1cc(/C=C/C(=O)N2CCN(C)CC2)ccc1OCCCOc1cc2c(cc1OC)C(=O)N1CCC[C@H]1C=N2. The van der Waals surface area contributed by atoms with Crippen LogP contribution in [0, 0.1) is 0 Å². The van der Waals surface area contributed by atoms with Gasteiger partial charge in [-0.1, -0.05) is 6.07 Å².